The third kappa shape index (κ3) is 3.57. The maximum atomic E-state index is 12.8. The molecule has 27 heavy (non-hydrogen) atoms. The van der Waals surface area contributed by atoms with Crippen molar-refractivity contribution in [2.24, 2.45) is 0 Å². The molecule has 1 aliphatic heterocycles. The third-order valence-corrected chi connectivity index (χ3v) is 3.91. The maximum absolute atomic E-state index is 12.8. The highest BCUT2D eigenvalue weighted by Crippen LogP contribution is 2.20. The third-order valence-electron chi connectivity index (χ3n) is 3.91. The Kier molecular flexibility index (Phi) is 5.01. The van der Waals surface area contributed by atoms with Crippen molar-refractivity contribution in [2.75, 3.05) is 18.1 Å². The first-order valence-corrected chi connectivity index (χ1v) is 7.70. The van der Waals surface area contributed by atoms with Gasteiger partial charge < -0.3 is 14.9 Å². The van der Waals surface area contributed by atoms with E-state index in [9.17, 15) is 28.3 Å². The van der Waals surface area contributed by atoms with Crippen molar-refractivity contribution in [3.05, 3.63) is 40.9 Å². The molecule has 1 aliphatic rings. The number of pyridine rings is 1. The lowest BCUT2D eigenvalue weighted by molar-refractivity contribution is -0.163. The number of amides is 1. The Morgan fingerprint density at radius 2 is 2.04 bits per heavy atom. The largest absolute Gasteiger partial charge is 0.479 e. The molecule has 10 nitrogen and oxygen atoms in total. The molecule has 0 saturated carbocycles. The maximum Gasteiger partial charge on any atom is 0.335 e. The van der Waals surface area contributed by atoms with Gasteiger partial charge in [-0.25, -0.2) is 9.48 Å². The number of carbonyl (C=O) groups is 2. The molecule has 2 aromatic rings. The smallest absolute Gasteiger partial charge is 0.335 e. The van der Waals surface area contributed by atoms with Gasteiger partial charge in [0, 0.05) is 24.5 Å². The highest BCUT2D eigenvalue weighted by atomic mass is 19.3. The minimum Gasteiger partial charge on any atom is -0.479 e. The predicted octanol–water partition coefficient (Wildman–Crippen LogP) is -0.394. The van der Waals surface area contributed by atoms with Crippen LogP contribution in [0.4, 0.5) is 14.6 Å². The van der Waals surface area contributed by atoms with E-state index in [0.29, 0.717) is 0 Å². The molecule has 0 radical (unpaired) electrons. The van der Waals surface area contributed by atoms with E-state index in [2.05, 4.69) is 5.10 Å². The second-order valence-electron chi connectivity index (χ2n) is 5.59. The number of ether oxygens (including phenoxy) is 1. The Balaban J connectivity index is 1.87. The fraction of sp³-hybridized carbons (Fsp3) is 0.333. The number of aliphatic hydroxyl groups excluding tert-OH is 1. The van der Waals surface area contributed by atoms with Gasteiger partial charge in [0.25, 0.3) is 11.5 Å². The van der Waals surface area contributed by atoms with E-state index < -0.39 is 36.2 Å². The number of carbonyl (C=O) groups excluding carboxylic acids is 1. The highest BCUT2D eigenvalue weighted by Gasteiger charge is 2.40. The number of hydrogen-bond donors (Lipinski definition) is 2. The molecule has 1 unspecified atom stereocenters. The number of anilines is 1. The van der Waals surface area contributed by atoms with E-state index in [0.717, 1.165) is 17.2 Å². The molecule has 3 rings (SSSR count). The Labute approximate surface area is 149 Å². The SMILES string of the molecule is O=C(O)C(O)[C@H]1OCCN(c2ccn(-c3ccc(=O)n(C(F)F)c3)n2)C1=O. The molecule has 1 fully saturated rings. The molecule has 2 aromatic heterocycles. The van der Waals surface area contributed by atoms with Gasteiger partial charge in [-0.2, -0.15) is 8.78 Å². The van der Waals surface area contributed by atoms with Crippen molar-refractivity contribution in [1.29, 1.82) is 0 Å². The van der Waals surface area contributed by atoms with Gasteiger partial charge in [-0.3, -0.25) is 19.1 Å². The fourth-order valence-electron chi connectivity index (χ4n) is 2.57. The summed E-state index contributed by atoms with van der Waals surface area (Å²) in [5.74, 6) is -2.28. The number of rotatable bonds is 5. The first-order chi connectivity index (χ1) is 12.8. The Hall–Kier alpha value is -3.12. The van der Waals surface area contributed by atoms with Crippen LogP contribution in [0.1, 0.15) is 6.55 Å². The number of halogens is 2. The van der Waals surface area contributed by atoms with Gasteiger partial charge in [-0.15, -0.1) is 5.10 Å². The summed E-state index contributed by atoms with van der Waals surface area (Å²) in [6.45, 7) is -2.98. The fourth-order valence-corrected chi connectivity index (χ4v) is 2.57. The van der Waals surface area contributed by atoms with Gasteiger partial charge in [-0.1, -0.05) is 0 Å². The lowest BCUT2D eigenvalue weighted by Crippen LogP contribution is -2.54. The number of nitrogens with zero attached hydrogens (tertiary/aromatic N) is 4. The van der Waals surface area contributed by atoms with Crippen LogP contribution in [0.3, 0.4) is 0 Å². The number of morpholine rings is 1. The van der Waals surface area contributed by atoms with Crippen LogP contribution in [0, 0.1) is 0 Å². The average Bonchev–Trinajstić information content (AvgIpc) is 3.11. The number of alkyl halides is 2. The number of aromatic nitrogens is 3. The van der Waals surface area contributed by atoms with Crippen molar-refractivity contribution in [2.45, 2.75) is 18.8 Å². The molecule has 3 heterocycles. The van der Waals surface area contributed by atoms with E-state index in [4.69, 9.17) is 9.84 Å². The summed E-state index contributed by atoms with van der Waals surface area (Å²) in [7, 11) is 0. The molecular weight excluding hydrogens is 370 g/mol. The second kappa shape index (κ2) is 7.25. The van der Waals surface area contributed by atoms with E-state index in [1.54, 1.807) is 0 Å². The molecule has 2 atom stereocenters. The summed E-state index contributed by atoms with van der Waals surface area (Å²) < 4.78 is 32.1. The van der Waals surface area contributed by atoms with Crippen LogP contribution in [0.5, 0.6) is 0 Å². The van der Waals surface area contributed by atoms with Gasteiger partial charge in [-0.05, 0) is 6.07 Å². The minimum atomic E-state index is -3.02. The van der Waals surface area contributed by atoms with Crippen LogP contribution in [0.25, 0.3) is 5.69 Å². The van der Waals surface area contributed by atoms with Crippen LogP contribution < -0.4 is 10.5 Å². The summed E-state index contributed by atoms with van der Waals surface area (Å²) in [6.07, 6.45) is -1.31. The quantitative estimate of drug-likeness (QED) is 0.719. The molecule has 12 heteroatoms. The monoisotopic (exact) mass is 384 g/mol. The Bertz CT molecular complexity index is 927. The summed E-state index contributed by atoms with van der Waals surface area (Å²) in [4.78, 5) is 35.8. The number of aliphatic hydroxyl groups is 1. The number of carboxylic acids is 1. The van der Waals surface area contributed by atoms with Gasteiger partial charge >= 0.3 is 12.5 Å². The normalized spacial score (nSPS) is 18.7. The highest BCUT2D eigenvalue weighted by molar-refractivity contribution is 5.99. The molecule has 2 N–H and O–H groups in total. The van der Waals surface area contributed by atoms with Crippen molar-refractivity contribution in [1.82, 2.24) is 14.3 Å². The molecule has 1 amide bonds. The zero-order valence-corrected chi connectivity index (χ0v) is 13.6. The Morgan fingerprint density at radius 3 is 2.70 bits per heavy atom. The Morgan fingerprint density at radius 1 is 1.30 bits per heavy atom. The lowest BCUT2D eigenvalue weighted by Gasteiger charge is -2.31. The van der Waals surface area contributed by atoms with Crippen LogP contribution in [0.15, 0.2) is 35.4 Å². The van der Waals surface area contributed by atoms with Crippen LogP contribution in [0.2, 0.25) is 0 Å². The van der Waals surface area contributed by atoms with Crippen molar-refractivity contribution >= 4 is 17.7 Å². The number of aliphatic carboxylic acids is 1. The zero-order chi connectivity index (χ0) is 19.7. The number of carboxylic acid groups (broad SMARTS) is 1. The van der Waals surface area contributed by atoms with E-state index in [1.165, 1.54) is 23.0 Å². The minimum absolute atomic E-state index is 0.0239. The van der Waals surface area contributed by atoms with E-state index in [-0.39, 0.29) is 29.2 Å². The topological polar surface area (TPSA) is 127 Å². The summed E-state index contributed by atoms with van der Waals surface area (Å²) in [5.41, 5.74) is -0.723. The van der Waals surface area contributed by atoms with Gasteiger partial charge in [0.1, 0.15) is 0 Å². The van der Waals surface area contributed by atoms with Crippen LogP contribution in [-0.2, 0) is 14.3 Å². The van der Waals surface area contributed by atoms with Gasteiger partial charge in [0.15, 0.2) is 18.0 Å². The molecule has 0 bridgehead atoms. The second-order valence-corrected chi connectivity index (χ2v) is 5.59. The van der Waals surface area contributed by atoms with Crippen molar-refractivity contribution < 1.29 is 33.3 Å². The summed E-state index contributed by atoms with van der Waals surface area (Å²) >= 11 is 0. The molecule has 1 saturated heterocycles. The van der Waals surface area contributed by atoms with Crippen molar-refractivity contribution in [3.8, 4) is 5.69 Å². The molecule has 144 valence electrons. The van der Waals surface area contributed by atoms with Gasteiger partial charge in [0.2, 0.25) is 0 Å². The van der Waals surface area contributed by atoms with Crippen molar-refractivity contribution in [3.63, 3.8) is 0 Å². The molecule has 0 aromatic carbocycles. The standard InChI is InChI=1S/C15H14F2N4O6/c16-15(17)20-7-8(1-2-10(20)22)21-4-3-9(18-21)19-5-6-27-12(13(19)24)11(23)14(25)26/h1-4,7,11-12,15,23H,5-6H2,(H,25,26)/t11?,12-/m1/s1. The first kappa shape index (κ1) is 18.7. The van der Waals surface area contributed by atoms with E-state index >= 15 is 0 Å². The van der Waals surface area contributed by atoms with E-state index in [1.807, 2.05) is 0 Å². The molecule has 0 spiro atoms. The first-order valence-electron chi connectivity index (χ1n) is 7.70. The number of hydrogen-bond acceptors (Lipinski definition) is 6. The predicted molar refractivity (Wildman–Crippen MR) is 84.8 cm³/mol. The lowest BCUT2D eigenvalue weighted by atomic mass is 10.1. The zero-order valence-electron chi connectivity index (χ0n) is 13.6. The molecular formula is C15H14F2N4O6. The summed E-state index contributed by atoms with van der Waals surface area (Å²) in [5, 5.41) is 22.5. The van der Waals surface area contributed by atoms with Crippen LogP contribution in [-0.4, -0.2) is 61.8 Å². The average molecular weight is 384 g/mol. The summed E-state index contributed by atoms with van der Waals surface area (Å²) in [6, 6.07) is 3.66. The molecule has 0 aliphatic carbocycles. The van der Waals surface area contributed by atoms with Crippen LogP contribution >= 0.6 is 0 Å². The van der Waals surface area contributed by atoms with Gasteiger partial charge in [0.05, 0.1) is 18.8 Å².